The summed E-state index contributed by atoms with van der Waals surface area (Å²) in [5.41, 5.74) is 1.74. The Bertz CT molecular complexity index is 939. The van der Waals surface area contributed by atoms with Gasteiger partial charge in [-0.15, -0.1) is 0 Å². The molecule has 1 fully saturated rings. The molecule has 1 heterocycles. The summed E-state index contributed by atoms with van der Waals surface area (Å²) < 4.78 is 11.7. The number of benzene rings is 3. The van der Waals surface area contributed by atoms with Crippen LogP contribution in [0.2, 0.25) is 0 Å². The third-order valence-corrected chi connectivity index (χ3v) is 4.93. The van der Waals surface area contributed by atoms with Gasteiger partial charge in [0.15, 0.2) is 0 Å². The smallest absolute Gasteiger partial charge is 0.258 e. The van der Waals surface area contributed by atoms with Gasteiger partial charge in [-0.3, -0.25) is 4.79 Å². The van der Waals surface area contributed by atoms with Gasteiger partial charge in [-0.25, -0.2) is 0 Å². The molecule has 1 aliphatic rings. The van der Waals surface area contributed by atoms with E-state index in [4.69, 9.17) is 9.47 Å². The Morgan fingerprint density at radius 1 is 1.07 bits per heavy atom. The van der Waals surface area contributed by atoms with Crippen LogP contribution >= 0.6 is 0 Å². The lowest BCUT2D eigenvalue weighted by atomic mass is 10.0. The van der Waals surface area contributed by atoms with Gasteiger partial charge in [-0.05, 0) is 29.3 Å². The number of ether oxygens (including phenoxy) is 2. The van der Waals surface area contributed by atoms with Crippen molar-refractivity contribution in [3.05, 3.63) is 77.9 Å². The van der Waals surface area contributed by atoms with E-state index in [-0.39, 0.29) is 12.0 Å². The summed E-state index contributed by atoms with van der Waals surface area (Å²) in [6.07, 6.45) is -0.102. The molecule has 1 unspecified atom stereocenters. The summed E-state index contributed by atoms with van der Waals surface area (Å²) in [5.74, 6) is 0.642. The zero-order valence-corrected chi connectivity index (χ0v) is 15.4. The second-order valence-corrected chi connectivity index (χ2v) is 6.61. The molecule has 4 heteroatoms. The first-order valence-corrected chi connectivity index (χ1v) is 9.38. The molecule has 4 nitrogen and oxygen atoms in total. The first kappa shape index (κ1) is 17.6. The van der Waals surface area contributed by atoms with Gasteiger partial charge in [0.2, 0.25) is 0 Å². The standard InChI is InChI=1S/C23H23NO3/c1-2-26-20-13-12-17-8-6-7-11-19(17)22(20)23(25)24-14-15-27-21(16-24)18-9-4-3-5-10-18/h3-13,21H,2,14-16H2,1H3. The van der Waals surface area contributed by atoms with E-state index in [2.05, 4.69) is 0 Å². The summed E-state index contributed by atoms with van der Waals surface area (Å²) in [6.45, 7) is 4.10. The van der Waals surface area contributed by atoms with Crippen LogP contribution in [0.5, 0.6) is 5.75 Å². The largest absolute Gasteiger partial charge is 0.493 e. The Kier molecular flexibility index (Phi) is 5.07. The molecule has 0 aliphatic carbocycles. The van der Waals surface area contributed by atoms with Crippen LogP contribution < -0.4 is 4.74 Å². The topological polar surface area (TPSA) is 38.8 Å². The van der Waals surface area contributed by atoms with Crippen LogP contribution in [-0.2, 0) is 4.74 Å². The van der Waals surface area contributed by atoms with Crippen molar-refractivity contribution < 1.29 is 14.3 Å². The van der Waals surface area contributed by atoms with E-state index in [0.717, 1.165) is 16.3 Å². The van der Waals surface area contributed by atoms with Crippen LogP contribution in [0, 0.1) is 0 Å². The molecule has 0 N–H and O–H groups in total. The number of rotatable bonds is 4. The predicted molar refractivity (Wildman–Crippen MR) is 106 cm³/mol. The first-order chi connectivity index (χ1) is 13.3. The minimum atomic E-state index is -0.102. The molecule has 1 atom stereocenters. The zero-order chi connectivity index (χ0) is 18.6. The van der Waals surface area contributed by atoms with Crippen LogP contribution in [-0.4, -0.2) is 37.1 Å². The van der Waals surface area contributed by atoms with Crippen LogP contribution in [0.25, 0.3) is 10.8 Å². The Hall–Kier alpha value is -2.85. The fourth-order valence-electron chi connectivity index (χ4n) is 3.61. The van der Waals surface area contributed by atoms with Crippen molar-refractivity contribution in [2.45, 2.75) is 13.0 Å². The van der Waals surface area contributed by atoms with E-state index in [1.165, 1.54) is 0 Å². The average Bonchev–Trinajstić information content (AvgIpc) is 2.74. The van der Waals surface area contributed by atoms with E-state index in [1.807, 2.05) is 78.6 Å². The van der Waals surface area contributed by atoms with Crippen molar-refractivity contribution in [3.63, 3.8) is 0 Å². The molecule has 0 aromatic heterocycles. The predicted octanol–water partition coefficient (Wildman–Crippen LogP) is 4.45. The first-order valence-electron chi connectivity index (χ1n) is 9.38. The lowest BCUT2D eigenvalue weighted by Crippen LogP contribution is -2.42. The Labute approximate surface area is 159 Å². The van der Waals surface area contributed by atoms with Crippen molar-refractivity contribution in [3.8, 4) is 5.75 Å². The summed E-state index contributed by atoms with van der Waals surface area (Å²) in [4.78, 5) is 15.4. The number of morpholine rings is 1. The minimum Gasteiger partial charge on any atom is -0.493 e. The number of amides is 1. The van der Waals surface area contributed by atoms with Gasteiger partial charge in [0, 0.05) is 6.54 Å². The van der Waals surface area contributed by atoms with Gasteiger partial charge in [-0.2, -0.15) is 0 Å². The Morgan fingerprint density at radius 2 is 1.85 bits per heavy atom. The van der Waals surface area contributed by atoms with Gasteiger partial charge in [0.05, 0.1) is 25.3 Å². The Morgan fingerprint density at radius 3 is 2.67 bits per heavy atom. The molecule has 0 radical (unpaired) electrons. The molecular weight excluding hydrogens is 338 g/mol. The second-order valence-electron chi connectivity index (χ2n) is 6.61. The van der Waals surface area contributed by atoms with Crippen LogP contribution in [0.15, 0.2) is 66.7 Å². The second kappa shape index (κ2) is 7.80. The van der Waals surface area contributed by atoms with Crippen LogP contribution in [0.1, 0.15) is 28.9 Å². The van der Waals surface area contributed by atoms with Crippen molar-refractivity contribution in [1.29, 1.82) is 0 Å². The molecule has 138 valence electrons. The summed E-state index contributed by atoms with van der Waals surface area (Å²) in [5, 5.41) is 1.97. The van der Waals surface area contributed by atoms with Gasteiger partial charge < -0.3 is 14.4 Å². The normalized spacial score (nSPS) is 17.1. The average molecular weight is 361 g/mol. The number of nitrogens with zero attached hydrogens (tertiary/aromatic N) is 1. The number of hydrogen-bond donors (Lipinski definition) is 0. The summed E-state index contributed by atoms with van der Waals surface area (Å²) in [6, 6.07) is 21.9. The van der Waals surface area contributed by atoms with E-state index in [9.17, 15) is 4.79 Å². The molecule has 0 bridgehead atoms. The minimum absolute atomic E-state index is 0.000480. The van der Waals surface area contributed by atoms with E-state index < -0.39 is 0 Å². The molecule has 3 aromatic rings. The van der Waals surface area contributed by atoms with Crippen molar-refractivity contribution in [1.82, 2.24) is 4.90 Å². The number of fused-ring (bicyclic) bond motifs is 1. The number of hydrogen-bond acceptors (Lipinski definition) is 3. The highest BCUT2D eigenvalue weighted by atomic mass is 16.5. The highest BCUT2D eigenvalue weighted by Crippen LogP contribution is 2.31. The Balaban J connectivity index is 1.68. The molecule has 1 aliphatic heterocycles. The third kappa shape index (κ3) is 3.53. The molecule has 1 saturated heterocycles. The maximum Gasteiger partial charge on any atom is 0.258 e. The fourth-order valence-corrected chi connectivity index (χ4v) is 3.61. The number of carbonyl (C=O) groups is 1. The summed E-state index contributed by atoms with van der Waals surface area (Å²) in [7, 11) is 0. The number of carbonyl (C=O) groups excluding carboxylic acids is 1. The lowest BCUT2D eigenvalue weighted by Gasteiger charge is -2.33. The fraction of sp³-hybridized carbons (Fsp3) is 0.261. The molecule has 0 saturated carbocycles. The van der Waals surface area contributed by atoms with Gasteiger partial charge in [-0.1, -0.05) is 60.7 Å². The highest BCUT2D eigenvalue weighted by Gasteiger charge is 2.28. The van der Waals surface area contributed by atoms with Crippen molar-refractivity contribution >= 4 is 16.7 Å². The SMILES string of the molecule is CCOc1ccc2ccccc2c1C(=O)N1CCOC(c2ccccc2)C1. The maximum absolute atomic E-state index is 13.5. The molecule has 27 heavy (non-hydrogen) atoms. The van der Waals surface area contributed by atoms with Gasteiger partial charge in [0.25, 0.3) is 5.91 Å². The molecule has 1 amide bonds. The van der Waals surface area contributed by atoms with E-state index in [1.54, 1.807) is 0 Å². The molecular formula is C23H23NO3. The highest BCUT2D eigenvalue weighted by molar-refractivity contribution is 6.09. The van der Waals surface area contributed by atoms with Crippen LogP contribution in [0.3, 0.4) is 0 Å². The lowest BCUT2D eigenvalue weighted by molar-refractivity contribution is -0.0228. The quantitative estimate of drug-likeness (QED) is 0.689. The van der Waals surface area contributed by atoms with Crippen LogP contribution in [0.4, 0.5) is 0 Å². The third-order valence-electron chi connectivity index (χ3n) is 4.93. The van der Waals surface area contributed by atoms with Gasteiger partial charge in [0.1, 0.15) is 11.9 Å². The molecule has 3 aromatic carbocycles. The summed E-state index contributed by atoms with van der Waals surface area (Å²) >= 11 is 0. The van der Waals surface area contributed by atoms with Crippen molar-refractivity contribution in [2.75, 3.05) is 26.3 Å². The monoisotopic (exact) mass is 361 g/mol. The van der Waals surface area contributed by atoms with E-state index >= 15 is 0 Å². The van der Waals surface area contributed by atoms with Crippen molar-refractivity contribution in [2.24, 2.45) is 0 Å². The maximum atomic E-state index is 13.5. The zero-order valence-electron chi connectivity index (χ0n) is 15.4. The molecule has 4 rings (SSSR count). The molecule has 0 spiro atoms. The van der Waals surface area contributed by atoms with Gasteiger partial charge >= 0.3 is 0 Å². The van der Waals surface area contributed by atoms with E-state index in [0.29, 0.717) is 37.6 Å².